The highest BCUT2D eigenvalue weighted by Crippen LogP contribution is 2.40. The van der Waals surface area contributed by atoms with Crippen molar-refractivity contribution < 1.29 is 14.6 Å². The van der Waals surface area contributed by atoms with Gasteiger partial charge in [-0.15, -0.1) is 11.8 Å². The van der Waals surface area contributed by atoms with Crippen LogP contribution < -0.4 is 9.47 Å². The minimum Gasteiger partial charge on any atom is -0.484 e. The predicted molar refractivity (Wildman–Crippen MR) is 77.2 cm³/mol. The molecule has 0 bridgehead atoms. The highest BCUT2D eigenvalue weighted by molar-refractivity contribution is 7.99. The summed E-state index contributed by atoms with van der Waals surface area (Å²) in [4.78, 5) is 5.29. The van der Waals surface area contributed by atoms with Gasteiger partial charge in [0, 0.05) is 28.5 Å². The number of rotatable bonds is 3. The van der Waals surface area contributed by atoms with Crippen LogP contribution in [0, 0.1) is 0 Å². The average Bonchev–Trinajstić information content (AvgIpc) is 2.54. The third-order valence-electron chi connectivity index (χ3n) is 3.19. The maximum absolute atomic E-state index is 9.15. The first-order chi connectivity index (χ1) is 9.80. The number of aromatic nitrogens is 1. The van der Waals surface area contributed by atoms with Gasteiger partial charge in [-0.1, -0.05) is 6.07 Å². The molecule has 1 aromatic heterocycles. The van der Waals surface area contributed by atoms with E-state index in [9.17, 15) is 0 Å². The van der Waals surface area contributed by atoms with Gasteiger partial charge in [-0.2, -0.15) is 0 Å². The van der Waals surface area contributed by atoms with Gasteiger partial charge in [0.1, 0.15) is 11.9 Å². The molecule has 1 aliphatic rings. The lowest BCUT2D eigenvalue weighted by molar-refractivity contribution is 0.219. The van der Waals surface area contributed by atoms with E-state index in [1.807, 2.05) is 30.3 Å². The van der Waals surface area contributed by atoms with Crippen LogP contribution in [0.3, 0.4) is 0 Å². The standard InChI is InChI=1S/C15H15NO3S/c1-18-15-5-3-11(7-16-15)13-9-20-14-6-10(8-17)2-4-12(14)19-13/h2-7,13,17H,8-9H2,1H3. The van der Waals surface area contributed by atoms with Gasteiger partial charge in [-0.3, -0.25) is 0 Å². The fourth-order valence-corrected chi connectivity index (χ4v) is 3.17. The summed E-state index contributed by atoms with van der Waals surface area (Å²) in [5.41, 5.74) is 1.94. The van der Waals surface area contributed by atoms with E-state index in [1.54, 1.807) is 25.1 Å². The van der Waals surface area contributed by atoms with E-state index in [4.69, 9.17) is 14.6 Å². The molecule has 0 spiro atoms. The van der Waals surface area contributed by atoms with E-state index in [-0.39, 0.29) is 12.7 Å². The Morgan fingerprint density at radius 1 is 1.40 bits per heavy atom. The van der Waals surface area contributed by atoms with Gasteiger partial charge < -0.3 is 14.6 Å². The number of methoxy groups -OCH3 is 1. The first-order valence-corrected chi connectivity index (χ1v) is 7.32. The van der Waals surface area contributed by atoms with Crippen molar-refractivity contribution in [1.29, 1.82) is 0 Å². The van der Waals surface area contributed by atoms with Crippen molar-refractivity contribution in [3.63, 3.8) is 0 Å². The summed E-state index contributed by atoms with van der Waals surface area (Å²) in [6.07, 6.45) is 1.78. The highest BCUT2D eigenvalue weighted by Gasteiger charge is 2.22. The number of pyridine rings is 1. The van der Waals surface area contributed by atoms with Crippen LogP contribution in [0.4, 0.5) is 0 Å². The van der Waals surface area contributed by atoms with Crippen molar-refractivity contribution in [1.82, 2.24) is 4.98 Å². The molecule has 0 fully saturated rings. The van der Waals surface area contributed by atoms with Crippen LogP contribution in [-0.4, -0.2) is 23.0 Å². The maximum Gasteiger partial charge on any atom is 0.212 e. The Morgan fingerprint density at radius 3 is 3.00 bits per heavy atom. The number of nitrogens with zero attached hydrogens (tertiary/aromatic N) is 1. The van der Waals surface area contributed by atoms with Crippen LogP contribution in [-0.2, 0) is 6.61 Å². The molecule has 104 valence electrons. The molecular weight excluding hydrogens is 274 g/mol. The largest absolute Gasteiger partial charge is 0.484 e. The van der Waals surface area contributed by atoms with E-state index in [0.717, 1.165) is 27.5 Å². The van der Waals surface area contributed by atoms with Gasteiger partial charge in [-0.25, -0.2) is 4.98 Å². The van der Waals surface area contributed by atoms with Crippen LogP contribution in [0.1, 0.15) is 17.2 Å². The number of thioether (sulfide) groups is 1. The van der Waals surface area contributed by atoms with E-state index < -0.39 is 0 Å². The van der Waals surface area contributed by atoms with E-state index in [2.05, 4.69) is 4.98 Å². The Balaban J connectivity index is 1.80. The Morgan fingerprint density at radius 2 is 2.30 bits per heavy atom. The summed E-state index contributed by atoms with van der Waals surface area (Å²) < 4.78 is 11.1. The zero-order valence-electron chi connectivity index (χ0n) is 11.1. The smallest absolute Gasteiger partial charge is 0.212 e. The van der Waals surface area contributed by atoms with Crippen LogP contribution in [0.2, 0.25) is 0 Å². The molecule has 2 heterocycles. The molecule has 3 rings (SSSR count). The number of hydrogen-bond acceptors (Lipinski definition) is 5. The van der Waals surface area contributed by atoms with Crippen molar-refractivity contribution in [3.8, 4) is 11.6 Å². The van der Waals surface area contributed by atoms with Crippen molar-refractivity contribution in [2.45, 2.75) is 17.6 Å². The molecule has 5 heteroatoms. The topological polar surface area (TPSA) is 51.6 Å². The highest BCUT2D eigenvalue weighted by atomic mass is 32.2. The number of aliphatic hydroxyl groups excluding tert-OH is 1. The molecule has 0 aliphatic carbocycles. The van der Waals surface area contributed by atoms with Gasteiger partial charge >= 0.3 is 0 Å². The number of benzene rings is 1. The fraction of sp³-hybridized carbons (Fsp3) is 0.267. The second kappa shape index (κ2) is 5.73. The fourth-order valence-electron chi connectivity index (χ4n) is 2.08. The van der Waals surface area contributed by atoms with Crippen LogP contribution >= 0.6 is 11.8 Å². The molecule has 0 saturated carbocycles. The van der Waals surface area contributed by atoms with E-state index in [1.165, 1.54) is 0 Å². The Kier molecular flexibility index (Phi) is 3.80. The van der Waals surface area contributed by atoms with Crippen molar-refractivity contribution in [3.05, 3.63) is 47.7 Å². The summed E-state index contributed by atoms with van der Waals surface area (Å²) in [6.45, 7) is 0.0552. The van der Waals surface area contributed by atoms with Gasteiger partial charge in [0.25, 0.3) is 0 Å². The Bertz CT molecular complexity index is 601. The molecular formula is C15H15NO3S. The van der Waals surface area contributed by atoms with Crippen molar-refractivity contribution in [2.24, 2.45) is 0 Å². The molecule has 1 atom stereocenters. The monoisotopic (exact) mass is 289 g/mol. The minimum atomic E-state index is -0.00844. The normalized spacial score (nSPS) is 17.2. The Hall–Kier alpha value is -1.72. The quantitative estimate of drug-likeness (QED) is 0.941. The van der Waals surface area contributed by atoms with Crippen LogP contribution in [0.5, 0.6) is 11.6 Å². The van der Waals surface area contributed by atoms with Gasteiger partial charge in [0.05, 0.1) is 13.7 Å². The third kappa shape index (κ3) is 2.59. The van der Waals surface area contributed by atoms with Crippen molar-refractivity contribution in [2.75, 3.05) is 12.9 Å². The second-order valence-corrected chi connectivity index (χ2v) is 5.55. The first-order valence-electron chi connectivity index (χ1n) is 6.33. The zero-order chi connectivity index (χ0) is 13.9. The van der Waals surface area contributed by atoms with Crippen molar-refractivity contribution >= 4 is 11.8 Å². The average molecular weight is 289 g/mol. The zero-order valence-corrected chi connectivity index (χ0v) is 11.9. The number of aliphatic hydroxyl groups is 1. The Labute approximate surface area is 121 Å². The third-order valence-corrected chi connectivity index (χ3v) is 4.29. The number of ether oxygens (including phenoxy) is 2. The maximum atomic E-state index is 9.15. The molecule has 1 N–H and O–H groups in total. The molecule has 2 aromatic rings. The molecule has 1 aromatic carbocycles. The summed E-state index contributed by atoms with van der Waals surface area (Å²) in [5, 5.41) is 9.15. The number of hydrogen-bond donors (Lipinski definition) is 1. The second-order valence-electron chi connectivity index (χ2n) is 4.49. The molecule has 20 heavy (non-hydrogen) atoms. The lowest BCUT2D eigenvalue weighted by Gasteiger charge is -2.26. The first kappa shape index (κ1) is 13.3. The molecule has 1 unspecified atom stereocenters. The summed E-state index contributed by atoms with van der Waals surface area (Å²) in [6, 6.07) is 9.59. The summed E-state index contributed by atoms with van der Waals surface area (Å²) >= 11 is 1.74. The van der Waals surface area contributed by atoms with E-state index in [0.29, 0.717) is 5.88 Å². The SMILES string of the molecule is COc1ccc(C2CSc3cc(CO)ccc3O2)cn1. The molecule has 0 radical (unpaired) electrons. The lowest BCUT2D eigenvalue weighted by atomic mass is 10.1. The minimum absolute atomic E-state index is 0.00844. The lowest BCUT2D eigenvalue weighted by Crippen LogP contribution is -2.15. The predicted octanol–water partition coefficient (Wildman–Crippen LogP) is 2.81. The van der Waals surface area contributed by atoms with Gasteiger partial charge in [0.2, 0.25) is 5.88 Å². The van der Waals surface area contributed by atoms with E-state index >= 15 is 0 Å². The molecule has 0 saturated heterocycles. The molecule has 0 amide bonds. The summed E-state index contributed by atoms with van der Waals surface area (Å²) in [5.74, 6) is 2.29. The van der Waals surface area contributed by atoms with Gasteiger partial charge in [-0.05, 0) is 23.8 Å². The molecule has 4 nitrogen and oxygen atoms in total. The number of fused-ring (bicyclic) bond motifs is 1. The van der Waals surface area contributed by atoms with Crippen LogP contribution in [0.25, 0.3) is 0 Å². The van der Waals surface area contributed by atoms with Gasteiger partial charge in [0.15, 0.2) is 0 Å². The van der Waals surface area contributed by atoms with Crippen LogP contribution in [0.15, 0.2) is 41.4 Å². The molecule has 1 aliphatic heterocycles. The summed E-state index contributed by atoms with van der Waals surface area (Å²) in [7, 11) is 1.60.